The lowest BCUT2D eigenvalue weighted by atomic mass is 10.1. The van der Waals surface area contributed by atoms with Crippen LogP contribution in [-0.2, 0) is 17.6 Å². The number of ether oxygens (including phenoxy) is 2. The van der Waals surface area contributed by atoms with E-state index in [-0.39, 0.29) is 6.79 Å². The van der Waals surface area contributed by atoms with Crippen molar-refractivity contribution < 1.29 is 19.1 Å². The monoisotopic (exact) mass is 515 g/mol. The zero-order valence-electron chi connectivity index (χ0n) is 20.1. The van der Waals surface area contributed by atoms with Crippen molar-refractivity contribution in [3.8, 4) is 22.1 Å². The maximum atomic E-state index is 13.2. The molecule has 3 N–H and O–H groups in total. The molecule has 9 nitrogen and oxygen atoms in total. The van der Waals surface area contributed by atoms with E-state index in [9.17, 15) is 9.59 Å². The maximum Gasteiger partial charge on any atom is 0.319 e. The normalized spacial score (nSPS) is 12.6. The Balaban J connectivity index is 1.28. The minimum absolute atomic E-state index is 0.184. The summed E-state index contributed by atoms with van der Waals surface area (Å²) in [7, 11) is 0. The van der Waals surface area contributed by atoms with Gasteiger partial charge in [-0.3, -0.25) is 10.1 Å². The first-order valence-corrected chi connectivity index (χ1v) is 12.6. The first-order valence-electron chi connectivity index (χ1n) is 11.8. The second-order valence-electron chi connectivity index (χ2n) is 8.36. The number of fused-ring (bicyclic) bond motifs is 1. The summed E-state index contributed by atoms with van der Waals surface area (Å²) in [6, 6.07) is 21.3. The van der Waals surface area contributed by atoms with Crippen molar-refractivity contribution >= 4 is 34.1 Å². The number of hydrogen-bond acceptors (Lipinski definition) is 7. The quantitative estimate of drug-likeness (QED) is 0.309. The van der Waals surface area contributed by atoms with Crippen LogP contribution in [0.15, 0.2) is 72.8 Å². The Labute approximate surface area is 217 Å². The number of urea groups is 1. The van der Waals surface area contributed by atoms with Gasteiger partial charge in [0.1, 0.15) is 11.0 Å². The molecule has 4 aromatic rings. The van der Waals surface area contributed by atoms with Gasteiger partial charge in [0.15, 0.2) is 11.5 Å². The molecule has 0 bridgehead atoms. The number of nitrogens with zero attached hydrogens (tertiary/aromatic N) is 2. The van der Waals surface area contributed by atoms with E-state index in [0.29, 0.717) is 33.7 Å². The number of aryl methyl sites for hydroxylation is 1. The molecule has 3 amide bonds. The molecule has 10 heteroatoms. The summed E-state index contributed by atoms with van der Waals surface area (Å²) >= 11 is 1.23. The highest BCUT2D eigenvalue weighted by Gasteiger charge is 2.23. The van der Waals surface area contributed by atoms with Gasteiger partial charge in [0.2, 0.25) is 17.8 Å². The van der Waals surface area contributed by atoms with E-state index in [1.165, 1.54) is 16.9 Å². The molecule has 1 aliphatic heterocycles. The van der Waals surface area contributed by atoms with Crippen LogP contribution in [0.3, 0.4) is 0 Å². The van der Waals surface area contributed by atoms with Crippen molar-refractivity contribution in [2.24, 2.45) is 0 Å². The van der Waals surface area contributed by atoms with Crippen LogP contribution in [0.1, 0.15) is 18.1 Å². The predicted octanol–water partition coefficient (Wildman–Crippen LogP) is 4.87. The lowest BCUT2D eigenvalue weighted by Gasteiger charge is -2.18. The van der Waals surface area contributed by atoms with E-state index in [2.05, 4.69) is 33.1 Å². The van der Waals surface area contributed by atoms with Gasteiger partial charge >= 0.3 is 6.03 Å². The Kier molecular flexibility index (Phi) is 7.27. The molecule has 2 heterocycles. The molecule has 3 aromatic carbocycles. The Morgan fingerprint density at radius 1 is 0.919 bits per heavy atom. The average Bonchev–Trinajstić information content (AvgIpc) is 3.58. The maximum absolute atomic E-state index is 13.2. The fourth-order valence-corrected chi connectivity index (χ4v) is 4.56. The van der Waals surface area contributed by atoms with Gasteiger partial charge in [-0.2, -0.15) is 0 Å². The van der Waals surface area contributed by atoms with Gasteiger partial charge in [-0.05, 0) is 47.9 Å². The Morgan fingerprint density at radius 2 is 1.70 bits per heavy atom. The second kappa shape index (κ2) is 11.1. The molecule has 1 atom stereocenters. The number of hydrogen-bond donors (Lipinski definition) is 3. The van der Waals surface area contributed by atoms with Crippen molar-refractivity contribution in [3.05, 3.63) is 83.9 Å². The molecule has 0 unspecified atom stereocenters. The summed E-state index contributed by atoms with van der Waals surface area (Å²) in [5, 5.41) is 17.6. The van der Waals surface area contributed by atoms with Crippen LogP contribution in [0.2, 0.25) is 0 Å². The number of carbonyl (C=O) groups is 2. The second-order valence-corrected chi connectivity index (χ2v) is 9.34. The lowest BCUT2D eigenvalue weighted by molar-refractivity contribution is -0.117. The van der Waals surface area contributed by atoms with Crippen molar-refractivity contribution in [1.29, 1.82) is 0 Å². The van der Waals surface area contributed by atoms with Crippen molar-refractivity contribution in [3.63, 3.8) is 0 Å². The minimum Gasteiger partial charge on any atom is -0.454 e. The summed E-state index contributed by atoms with van der Waals surface area (Å²) in [5.74, 6) is 0.922. The van der Waals surface area contributed by atoms with E-state index >= 15 is 0 Å². The van der Waals surface area contributed by atoms with E-state index in [1.807, 2.05) is 72.8 Å². The number of carbonyl (C=O) groups excluding carboxylic acids is 2. The van der Waals surface area contributed by atoms with E-state index in [4.69, 9.17) is 9.47 Å². The molecule has 0 saturated heterocycles. The largest absolute Gasteiger partial charge is 0.454 e. The Bertz CT molecular complexity index is 1390. The van der Waals surface area contributed by atoms with E-state index in [0.717, 1.165) is 17.5 Å². The number of aromatic nitrogens is 2. The molecule has 0 radical (unpaired) electrons. The summed E-state index contributed by atoms with van der Waals surface area (Å²) in [4.78, 5) is 26.0. The average molecular weight is 516 g/mol. The molecule has 0 fully saturated rings. The molecule has 0 saturated carbocycles. The molecule has 0 aliphatic carbocycles. The van der Waals surface area contributed by atoms with Gasteiger partial charge in [-0.1, -0.05) is 60.7 Å². The van der Waals surface area contributed by atoms with Gasteiger partial charge in [0.05, 0.1) is 0 Å². The first-order chi connectivity index (χ1) is 18.1. The third-order valence-electron chi connectivity index (χ3n) is 5.80. The number of amides is 3. The Morgan fingerprint density at radius 3 is 2.49 bits per heavy atom. The SMILES string of the molecule is CCc1ccc(NC(=O)N[C@@H](Cc2ccccc2)C(=O)Nc2nnc(-c3ccc4c(c3)OCO4)s2)cc1. The van der Waals surface area contributed by atoms with Crippen molar-refractivity contribution in [2.45, 2.75) is 25.8 Å². The van der Waals surface area contributed by atoms with Crippen LogP contribution >= 0.6 is 11.3 Å². The number of nitrogens with one attached hydrogen (secondary N) is 3. The van der Waals surface area contributed by atoms with Crippen LogP contribution in [-0.4, -0.2) is 35.0 Å². The fraction of sp³-hybridized carbons (Fsp3) is 0.185. The van der Waals surface area contributed by atoms with Gasteiger partial charge < -0.3 is 20.1 Å². The van der Waals surface area contributed by atoms with Crippen LogP contribution in [0.4, 0.5) is 15.6 Å². The van der Waals surface area contributed by atoms with Crippen LogP contribution in [0, 0.1) is 0 Å². The van der Waals surface area contributed by atoms with Crippen molar-refractivity contribution in [1.82, 2.24) is 15.5 Å². The van der Waals surface area contributed by atoms with Gasteiger partial charge in [-0.15, -0.1) is 10.2 Å². The molecule has 5 rings (SSSR count). The van der Waals surface area contributed by atoms with Crippen LogP contribution in [0.25, 0.3) is 10.6 Å². The number of anilines is 2. The molecular formula is C27H25N5O4S. The smallest absolute Gasteiger partial charge is 0.319 e. The Hall–Kier alpha value is -4.44. The van der Waals surface area contributed by atoms with Gasteiger partial charge in [-0.25, -0.2) is 4.79 Å². The fourth-order valence-electron chi connectivity index (χ4n) is 3.82. The molecule has 1 aromatic heterocycles. The highest BCUT2D eigenvalue weighted by molar-refractivity contribution is 7.18. The number of rotatable bonds is 8. The lowest BCUT2D eigenvalue weighted by Crippen LogP contribution is -2.46. The van der Waals surface area contributed by atoms with E-state index in [1.54, 1.807) is 0 Å². The zero-order chi connectivity index (χ0) is 25.6. The summed E-state index contributed by atoms with van der Waals surface area (Å²) < 4.78 is 10.8. The third kappa shape index (κ3) is 6.04. The van der Waals surface area contributed by atoms with Crippen LogP contribution < -0.4 is 25.4 Å². The third-order valence-corrected chi connectivity index (χ3v) is 6.69. The van der Waals surface area contributed by atoms with Crippen molar-refractivity contribution in [2.75, 3.05) is 17.4 Å². The molecule has 37 heavy (non-hydrogen) atoms. The molecular weight excluding hydrogens is 490 g/mol. The predicted molar refractivity (Wildman–Crippen MR) is 142 cm³/mol. The molecule has 1 aliphatic rings. The van der Waals surface area contributed by atoms with Gasteiger partial charge in [0.25, 0.3) is 0 Å². The van der Waals surface area contributed by atoms with Gasteiger partial charge in [0, 0.05) is 17.7 Å². The highest BCUT2D eigenvalue weighted by Crippen LogP contribution is 2.37. The summed E-state index contributed by atoms with van der Waals surface area (Å²) in [6.07, 6.45) is 1.22. The first kappa shape index (κ1) is 24.3. The minimum atomic E-state index is -0.838. The zero-order valence-corrected chi connectivity index (χ0v) is 20.9. The van der Waals surface area contributed by atoms with Crippen LogP contribution in [0.5, 0.6) is 11.5 Å². The summed E-state index contributed by atoms with van der Waals surface area (Å²) in [5.41, 5.74) is 3.53. The standard InChI is InChI=1S/C27H25N5O4S/c1-2-17-8-11-20(12-9-17)28-26(34)29-21(14-18-6-4-3-5-7-18)24(33)30-27-32-31-25(37-27)19-10-13-22-23(15-19)36-16-35-22/h3-13,15,21H,2,14,16H2,1H3,(H2,28,29,34)(H,30,32,33)/t21-/m0/s1. The highest BCUT2D eigenvalue weighted by atomic mass is 32.1. The number of benzene rings is 3. The molecule has 0 spiro atoms. The van der Waals surface area contributed by atoms with E-state index < -0.39 is 18.0 Å². The topological polar surface area (TPSA) is 114 Å². The molecule has 188 valence electrons. The summed E-state index contributed by atoms with van der Waals surface area (Å²) in [6.45, 7) is 2.25.